The molecule has 23 heavy (non-hydrogen) atoms. The minimum atomic E-state index is -0.355. The highest BCUT2D eigenvalue weighted by atomic mass is 35.5. The summed E-state index contributed by atoms with van der Waals surface area (Å²) in [5.74, 6) is 2.18. The summed E-state index contributed by atoms with van der Waals surface area (Å²) in [5.41, 5.74) is 1.56. The van der Waals surface area contributed by atoms with Crippen LogP contribution in [0.15, 0.2) is 36.4 Å². The van der Waals surface area contributed by atoms with Gasteiger partial charge in [0.25, 0.3) is 0 Å². The van der Waals surface area contributed by atoms with Gasteiger partial charge >= 0.3 is 0 Å². The van der Waals surface area contributed by atoms with E-state index < -0.39 is 0 Å². The molecule has 6 heteroatoms. The van der Waals surface area contributed by atoms with Gasteiger partial charge in [-0.3, -0.25) is 0 Å². The predicted octanol–water partition coefficient (Wildman–Crippen LogP) is 3.81. The van der Waals surface area contributed by atoms with E-state index in [4.69, 9.17) is 16.3 Å². The Morgan fingerprint density at radius 1 is 1.22 bits per heavy atom. The highest BCUT2D eigenvalue weighted by Crippen LogP contribution is 2.55. The van der Waals surface area contributed by atoms with Gasteiger partial charge in [0, 0.05) is 28.3 Å². The Morgan fingerprint density at radius 2 is 2.00 bits per heavy atom. The molecule has 1 N–H and O–H groups in total. The average Bonchev–Trinajstić information content (AvgIpc) is 2.99. The number of pyridine rings is 1. The van der Waals surface area contributed by atoms with Crippen molar-refractivity contribution in [1.29, 1.82) is 0 Å². The van der Waals surface area contributed by atoms with E-state index >= 15 is 0 Å². The number of ether oxygens (including phenoxy) is 1. The number of aromatic nitrogens is 1. The maximum Gasteiger partial charge on any atom is 0.213 e. The molecule has 4 rings (SSSR count). The molecule has 1 saturated carbocycles. The van der Waals surface area contributed by atoms with Crippen LogP contribution in [-0.2, 0) is 6.61 Å². The molecule has 3 nitrogen and oxygen atoms in total. The zero-order valence-corrected chi connectivity index (χ0v) is 13.9. The molecular weight excluding hydrogens is 338 g/mol. The number of nitrogens with one attached hydrogen (secondary N) is 1. The van der Waals surface area contributed by atoms with Crippen molar-refractivity contribution in [3.63, 3.8) is 0 Å². The monoisotopic (exact) mass is 354 g/mol. The van der Waals surface area contributed by atoms with Crippen molar-refractivity contribution in [3.05, 3.63) is 58.5 Å². The van der Waals surface area contributed by atoms with Crippen LogP contribution in [-0.4, -0.2) is 18.1 Å². The molecule has 1 aliphatic heterocycles. The molecule has 1 aromatic heterocycles. The fourth-order valence-corrected chi connectivity index (χ4v) is 3.50. The van der Waals surface area contributed by atoms with Crippen LogP contribution in [0.1, 0.15) is 17.2 Å². The normalized spacial score (nSPS) is 24.7. The number of hydrogen-bond acceptors (Lipinski definition) is 3. The van der Waals surface area contributed by atoms with Crippen molar-refractivity contribution in [2.75, 3.05) is 13.1 Å². The summed E-state index contributed by atoms with van der Waals surface area (Å²) in [7, 11) is 0. The lowest BCUT2D eigenvalue weighted by atomic mass is 10.2. The zero-order chi connectivity index (χ0) is 15.1. The minimum absolute atomic E-state index is 0. The van der Waals surface area contributed by atoms with Gasteiger partial charge in [0.15, 0.2) is 0 Å². The van der Waals surface area contributed by atoms with Gasteiger partial charge in [0.05, 0.1) is 0 Å². The molecule has 0 spiro atoms. The summed E-state index contributed by atoms with van der Waals surface area (Å²) in [6, 6.07) is 10.4. The first kappa shape index (κ1) is 16.5. The molecule has 1 saturated heterocycles. The quantitative estimate of drug-likeness (QED) is 0.906. The fourth-order valence-electron chi connectivity index (χ4n) is 3.34. The van der Waals surface area contributed by atoms with E-state index in [2.05, 4.69) is 16.4 Å². The van der Waals surface area contributed by atoms with Gasteiger partial charge in [-0.1, -0.05) is 23.7 Å². The molecule has 1 aromatic carbocycles. The maximum atomic E-state index is 13.7. The molecule has 0 unspecified atom stereocenters. The van der Waals surface area contributed by atoms with Crippen LogP contribution in [0.3, 0.4) is 0 Å². The van der Waals surface area contributed by atoms with Crippen LogP contribution in [0.4, 0.5) is 4.39 Å². The summed E-state index contributed by atoms with van der Waals surface area (Å²) < 4.78 is 19.4. The fraction of sp³-hybridized carbons (Fsp3) is 0.353. The zero-order valence-electron chi connectivity index (χ0n) is 12.3. The van der Waals surface area contributed by atoms with E-state index in [0.29, 0.717) is 22.4 Å². The van der Waals surface area contributed by atoms with Crippen LogP contribution in [0.25, 0.3) is 0 Å². The van der Waals surface area contributed by atoms with E-state index in [9.17, 15) is 4.39 Å². The molecule has 2 aromatic rings. The molecule has 0 bridgehead atoms. The van der Waals surface area contributed by atoms with E-state index in [0.717, 1.165) is 30.6 Å². The van der Waals surface area contributed by atoms with E-state index in [1.54, 1.807) is 12.1 Å². The molecular formula is C17H17Cl2FN2O. The van der Waals surface area contributed by atoms with Gasteiger partial charge in [-0.15, -0.1) is 12.4 Å². The van der Waals surface area contributed by atoms with Crippen molar-refractivity contribution in [2.45, 2.75) is 12.5 Å². The number of nitrogens with zero attached hydrogens (tertiary/aromatic N) is 1. The van der Waals surface area contributed by atoms with Gasteiger partial charge in [-0.25, -0.2) is 9.37 Å². The summed E-state index contributed by atoms with van der Waals surface area (Å²) >= 11 is 5.74. The molecule has 3 atom stereocenters. The van der Waals surface area contributed by atoms with Crippen LogP contribution < -0.4 is 10.1 Å². The van der Waals surface area contributed by atoms with Crippen LogP contribution in [0.5, 0.6) is 5.88 Å². The largest absolute Gasteiger partial charge is 0.473 e. The highest BCUT2D eigenvalue weighted by Gasteiger charge is 2.54. The summed E-state index contributed by atoms with van der Waals surface area (Å²) in [6.07, 6.45) is 0. The van der Waals surface area contributed by atoms with Gasteiger partial charge in [-0.05, 0) is 43.1 Å². The minimum Gasteiger partial charge on any atom is -0.473 e. The summed E-state index contributed by atoms with van der Waals surface area (Å²) in [5, 5.41) is 3.77. The summed E-state index contributed by atoms with van der Waals surface area (Å²) in [6.45, 7) is 2.31. The van der Waals surface area contributed by atoms with Gasteiger partial charge < -0.3 is 10.1 Å². The maximum absolute atomic E-state index is 13.7. The van der Waals surface area contributed by atoms with Crippen LogP contribution in [0, 0.1) is 17.7 Å². The molecule has 2 fully saturated rings. The Bertz CT molecular complexity index is 703. The second-order valence-corrected chi connectivity index (χ2v) is 6.37. The number of rotatable bonds is 4. The van der Waals surface area contributed by atoms with Crippen molar-refractivity contribution in [1.82, 2.24) is 10.3 Å². The van der Waals surface area contributed by atoms with E-state index in [1.807, 2.05) is 12.1 Å². The number of benzene rings is 1. The van der Waals surface area contributed by atoms with Crippen molar-refractivity contribution in [2.24, 2.45) is 11.8 Å². The Kier molecular flexibility index (Phi) is 4.76. The van der Waals surface area contributed by atoms with E-state index in [-0.39, 0.29) is 24.8 Å². The number of fused-ring (bicyclic) bond motifs is 1. The Labute approximate surface area is 145 Å². The lowest BCUT2D eigenvalue weighted by Crippen LogP contribution is -2.14. The third-order valence-electron chi connectivity index (χ3n) is 4.57. The second kappa shape index (κ2) is 6.63. The highest BCUT2D eigenvalue weighted by molar-refractivity contribution is 6.30. The Hall–Kier alpha value is -1.36. The Morgan fingerprint density at radius 3 is 2.74 bits per heavy atom. The van der Waals surface area contributed by atoms with Gasteiger partial charge in [-0.2, -0.15) is 0 Å². The van der Waals surface area contributed by atoms with Gasteiger partial charge in [0.2, 0.25) is 5.88 Å². The predicted molar refractivity (Wildman–Crippen MR) is 89.8 cm³/mol. The van der Waals surface area contributed by atoms with Gasteiger partial charge in [0.1, 0.15) is 12.4 Å². The first-order chi connectivity index (χ1) is 10.7. The molecule has 2 aliphatic rings. The average molecular weight is 355 g/mol. The van der Waals surface area contributed by atoms with Crippen LogP contribution >= 0.6 is 24.0 Å². The third-order valence-corrected chi connectivity index (χ3v) is 4.80. The van der Waals surface area contributed by atoms with Crippen LogP contribution in [0.2, 0.25) is 5.02 Å². The second-order valence-electron chi connectivity index (χ2n) is 5.94. The molecule has 122 valence electrons. The number of hydrogen-bond donors (Lipinski definition) is 1. The lowest BCUT2D eigenvalue weighted by Gasteiger charge is -2.09. The Balaban J connectivity index is 0.00000156. The standard InChI is InChI=1S/C17H16ClFN2O.ClH/c18-11-5-4-10(14(19)6-11)9-22-16-3-1-2-15(21-16)17-12-7-20-8-13(12)17;/h1-6,12-13,17,20H,7-9H2;1H/t12-,13+,17-;. The third kappa shape index (κ3) is 3.30. The smallest absolute Gasteiger partial charge is 0.213 e. The number of piperidine rings is 1. The molecule has 0 amide bonds. The topological polar surface area (TPSA) is 34.1 Å². The first-order valence-electron chi connectivity index (χ1n) is 7.47. The molecule has 2 heterocycles. The number of halogens is 3. The summed E-state index contributed by atoms with van der Waals surface area (Å²) in [4.78, 5) is 4.58. The lowest BCUT2D eigenvalue weighted by molar-refractivity contribution is 0.287. The molecule has 0 radical (unpaired) electrons. The van der Waals surface area contributed by atoms with Crippen molar-refractivity contribution in [3.8, 4) is 5.88 Å². The van der Waals surface area contributed by atoms with Crippen molar-refractivity contribution >= 4 is 24.0 Å². The van der Waals surface area contributed by atoms with E-state index in [1.165, 1.54) is 6.07 Å². The van der Waals surface area contributed by atoms with Crippen molar-refractivity contribution < 1.29 is 9.13 Å². The molecule has 1 aliphatic carbocycles. The first-order valence-corrected chi connectivity index (χ1v) is 7.84. The SMILES string of the molecule is Cl.Fc1cc(Cl)ccc1COc1cccc([C@@H]2[C@@H]3CNC[C@@H]32)n1.